The van der Waals surface area contributed by atoms with Crippen molar-refractivity contribution in [3.05, 3.63) is 47.1 Å². The molecule has 0 spiro atoms. The number of nitrogens with two attached hydrogens (primary N) is 1. The molecule has 2 bridgehead atoms. The number of aromatic nitrogens is 3. The number of anilines is 2. The Kier molecular flexibility index (Phi) is 5.10. The minimum atomic E-state index is -0.256. The Bertz CT molecular complexity index is 1250. The van der Waals surface area contributed by atoms with Gasteiger partial charge in [0.15, 0.2) is 5.65 Å². The molecule has 3 heterocycles. The van der Waals surface area contributed by atoms with Crippen molar-refractivity contribution in [2.24, 2.45) is 23.5 Å². The van der Waals surface area contributed by atoms with E-state index in [9.17, 15) is 4.79 Å². The Labute approximate surface area is 199 Å². The molecule has 3 aromatic rings. The topological polar surface area (TPSA) is 109 Å². The summed E-state index contributed by atoms with van der Waals surface area (Å²) in [6.07, 6.45) is 7.04. The molecule has 1 saturated carbocycles. The van der Waals surface area contributed by atoms with Gasteiger partial charge in [0.05, 0.1) is 29.3 Å². The van der Waals surface area contributed by atoms with Crippen LogP contribution in [0.1, 0.15) is 6.42 Å². The lowest BCUT2D eigenvalue weighted by atomic mass is 9.88. The molecular weight excluding hydrogens is 484 g/mol. The Morgan fingerprint density at radius 3 is 2.88 bits per heavy atom. The number of pyridine rings is 1. The molecule has 1 aliphatic heterocycles. The van der Waals surface area contributed by atoms with Crippen LogP contribution in [0, 0.1) is 17.8 Å². The lowest BCUT2D eigenvalue weighted by Gasteiger charge is -2.29. The molecule has 2 aliphatic carbocycles. The van der Waals surface area contributed by atoms with E-state index in [1.165, 1.54) is 0 Å². The van der Waals surface area contributed by atoms with E-state index in [1.54, 1.807) is 6.20 Å². The van der Waals surface area contributed by atoms with Crippen LogP contribution in [0.3, 0.4) is 0 Å². The maximum atomic E-state index is 12.2. The van der Waals surface area contributed by atoms with Crippen molar-refractivity contribution in [2.75, 3.05) is 36.5 Å². The predicted octanol–water partition coefficient (Wildman–Crippen LogP) is 3.31. The smallest absolute Gasteiger partial charge is 0.223 e. The average Bonchev–Trinajstić information content (AvgIpc) is 3.56. The van der Waals surface area contributed by atoms with Gasteiger partial charge in [0.25, 0.3) is 0 Å². The molecule has 1 amide bonds. The molecule has 170 valence electrons. The molecular formula is C24H25BrN6O2. The summed E-state index contributed by atoms with van der Waals surface area (Å²) in [4.78, 5) is 27.3. The molecule has 4 unspecified atom stereocenters. The zero-order valence-corrected chi connectivity index (χ0v) is 19.6. The van der Waals surface area contributed by atoms with Crippen LogP contribution in [0.4, 0.5) is 11.4 Å². The van der Waals surface area contributed by atoms with Crippen LogP contribution in [0.5, 0.6) is 0 Å². The maximum absolute atomic E-state index is 12.2. The number of fused-ring (bicyclic) bond motifs is 3. The second kappa shape index (κ2) is 8.14. The third-order valence-electron chi connectivity index (χ3n) is 7.06. The maximum Gasteiger partial charge on any atom is 0.223 e. The number of hydrogen-bond donors (Lipinski definition) is 3. The highest BCUT2D eigenvalue weighted by atomic mass is 79.9. The largest absolute Gasteiger partial charge is 0.378 e. The number of halogens is 1. The van der Waals surface area contributed by atoms with Crippen LogP contribution < -0.4 is 16.0 Å². The number of H-pyrrole nitrogens is 1. The fraction of sp³-hybridized carbons (Fsp3) is 0.375. The first kappa shape index (κ1) is 20.7. The van der Waals surface area contributed by atoms with Gasteiger partial charge in [0.1, 0.15) is 11.3 Å². The summed E-state index contributed by atoms with van der Waals surface area (Å²) < 4.78 is 6.29. The van der Waals surface area contributed by atoms with Crippen LogP contribution >= 0.6 is 15.9 Å². The molecule has 3 aliphatic rings. The standard InChI is InChI=1S/C24H25BrN6O2/c25-17-12-27-24-21(20(17)28-19-14-5-4-13(10-14)18(19)22(26)32)29-23(30-24)15-2-1-3-16(11-15)31-6-8-33-9-7-31/h1-5,11-14,18-19H,6-10H2,(H2,26,32)(H2,27,28,29,30). The first-order valence-corrected chi connectivity index (χ1v) is 12.1. The molecule has 1 aromatic carbocycles. The van der Waals surface area contributed by atoms with Gasteiger partial charge in [-0.05, 0) is 46.3 Å². The summed E-state index contributed by atoms with van der Waals surface area (Å²) in [5.74, 6) is 0.769. The van der Waals surface area contributed by atoms with Crippen molar-refractivity contribution in [1.82, 2.24) is 15.0 Å². The van der Waals surface area contributed by atoms with Gasteiger partial charge in [-0.25, -0.2) is 9.97 Å². The van der Waals surface area contributed by atoms with Crippen LogP contribution in [-0.2, 0) is 9.53 Å². The van der Waals surface area contributed by atoms with E-state index in [0.29, 0.717) is 5.65 Å². The van der Waals surface area contributed by atoms with Gasteiger partial charge in [0, 0.05) is 36.6 Å². The summed E-state index contributed by atoms with van der Waals surface area (Å²) in [5, 5.41) is 3.60. The Hall–Kier alpha value is -2.91. The minimum absolute atomic E-state index is 0.0517. The van der Waals surface area contributed by atoms with Crippen LogP contribution in [-0.4, -0.2) is 53.2 Å². The normalized spacial score (nSPS) is 26.3. The van der Waals surface area contributed by atoms with Crippen LogP contribution in [0.25, 0.3) is 22.6 Å². The number of amides is 1. The Balaban J connectivity index is 1.35. The second-order valence-electron chi connectivity index (χ2n) is 8.96. The summed E-state index contributed by atoms with van der Waals surface area (Å²) in [5.41, 5.74) is 10.2. The molecule has 6 rings (SSSR count). The van der Waals surface area contributed by atoms with Crippen LogP contribution in [0.15, 0.2) is 47.1 Å². The number of nitrogens with zero attached hydrogens (tertiary/aromatic N) is 3. The second-order valence-corrected chi connectivity index (χ2v) is 9.81. The number of imidazole rings is 1. The Morgan fingerprint density at radius 2 is 2.06 bits per heavy atom. The zero-order chi connectivity index (χ0) is 22.5. The number of benzene rings is 1. The summed E-state index contributed by atoms with van der Waals surface area (Å²) in [7, 11) is 0. The molecule has 33 heavy (non-hydrogen) atoms. The van der Waals surface area contributed by atoms with Crippen molar-refractivity contribution in [1.29, 1.82) is 0 Å². The third-order valence-corrected chi connectivity index (χ3v) is 7.66. The lowest BCUT2D eigenvalue weighted by Crippen LogP contribution is -2.41. The fourth-order valence-electron chi connectivity index (χ4n) is 5.45. The highest BCUT2D eigenvalue weighted by Gasteiger charge is 2.47. The van der Waals surface area contributed by atoms with Gasteiger partial charge in [-0.2, -0.15) is 0 Å². The SMILES string of the molecule is NC(=O)C1C2C=CC(C2)C1Nc1c(Br)cnc2[nH]c(-c3cccc(N4CCOCC4)c3)nc12. The number of ether oxygens (including phenoxy) is 1. The molecule has 0 radical (unpaired) electrons. The monoisotopic (exact) mass is 508 g/mol. The van der Waals surface area contributed by atoms with Gasteiger partial charge in [0.2, 0.25) is 5.91 Å². The molecule has 1 saturated heterocycles. The lowest BCUT2D eigenvalue weighted by molar-refractivity contribution is -0.122. The number of aromatic amines is 1. The predicted molar refractivity (Wildman–Crippen MR) is 131 cm³/mol. The van der Waals surface area contributed by atoms with E-state index in [0.717, 1.165) is 65.5 Å². The highest BCUT2D eigenvalue weighted by Crippen LogP contribution is 2.46. The summed E-state index contributed by atoms with van der Waals surface area (Å²) in [6, 6.07) is 8.31. The van der Waals surface area contributed by atoms with Gasteiger partial charge in [-0.1, -0.05) is 24.3 Å². The summed E-state index contributed by atoms with van der Waals surface area (Å²) in [6.45, 7) is 3.25. The van der Waals surface area contributed by atoms with Crippen LogP contribution in [0.2, 0.25) is 0 Å². The van der Waals surface area contributed by atoms with Gasteiger partial charge < -0.3 is 25.7 Å². The Morgan fingerprint density at radius 1 is 1.24 bits per heavy atom. The van der Waals surface area contributed by atoms with Gasteiger partial charge >= 0.3 is 0 Å². The third kappa shape index (κ3) is 3.59. The van der Waals surface area contributed by atoms with Crippen molar-refractivity contribution in [2.45, 2.75) is 12.5 Å². The number of rotatable bonds is 5. The van der Waals surface area contributed by atoms with Crippen molar-refractivity contribution in [3.63, 3.8) is 0 Å². The van der Waals surface area contributed by atoms with Crippen molar-refractivity contribution >= 4 is 44.4 Å². The molecule has 2 aromatic heterocycles. The molecule has 8 nitrogen and oxygen atoms in total. The van der Waals surface area contributed by atoms with E-state index in [1.807, 2.05) is 6.07 Å². The number of allylic oxidation sites excluding steroid dienone is 1. The summed E-state index contributed by atoms with van der Waals surface area (Å²) >= 11 is 3.63. The highest BCUT2D eigenvalue weighted by molar-refractivity contribution is 9.10. The quantitative estimate of drug-likeness (QED) is 0.456. The van der Waals surface area contributed by atoms with Gasteiger partial charge in [-0.3, -0.25) is 4.79 Å². The average molecular weight is 509 g/mol. The zero-order valence-electron chi connectivity index (χ0n) is 18.0. The number of carbonyl (C=O) groups excluding carboxylic acids is 1. The van der Waals surface area contributed by atoms with E-state index in [2.05, 4.69) is 66.5 Å². The van der Waals surface area contributed by atoms with E-state index >= 15 is 0 Å². The van der Waals surface area contributed by atoms with E-state index in [4.69, 9.17) is 15.5 Å². The number of morpholine rings is 1. The van der Waals surface area contributed by atoms with Crippen molar-refractivity contribution in [3.8, 4) is 11.4 Å². The molecule has 4 N–H and O–H groups in total. The number of carbonyl (C=O) groups is 1. The number of primary amides is 1. The fourth-order valence-corrected chi connectivity index (χ4v) is 5.85. The van der Waals surface area contributed by atoms with Crippen molar-refractivity contribution < 1.29 is 9.53 Å². The van der Waals surface area contributed by atoms with E-state index in [-0.39, 0.29) is 29.7 Å². The first-order valence-electron chi connectivity index (χ1n) is 11.3. The first-order chi connectivity index (χ1) is 16.1. The molecule has 9 heteroatoms. The van der Waals surface area contributed by atoms with E-state index < -0.39 is 0 Å². The number of hydrogen-bond acceptors (Lipinski definition) is 6. The van der Waals surface area contributed by atoms with Gasteiger partial charge in [-0.15, -0.1) is 0 Å². The molecule has 4 atom stereocenters. The molecule has 2 fully saturated rings. The number of nitrogens with one attached hydrogen (secondary N) is 2. The minimum Gasteiger partial charge on any atom is -0.378 e.